The molecule has 1 N–H and O–H groups in total. The van der Waals surface area contributed by atoms with Gasteiger partial charge in [0.25, 0.3) is 5.91 Å². The summed E-state index contributed by atoms with van der Waals surface area (Å²) in [5.74, 6) is 1.35. The van der Waals surface area contributed by atoms with Gasteiger partial charge in [-0.1, -0.05) is 30.3 Å². The Hall–Kier alpha value is -3.15. The van der Waals surface area contributed by atoms with Crippen LogP contribution in [-0.2, 0) is 12.8 Å². The molecule has 1 aliphatic rings. The van der Waals surface area contributed by atoms with Crippen molar-refractivity contribution in [3.63, 3.8) is 0 Å². The molecular weight excluding hydrogens is 340 g/mol. The van der Waals surface area contributed by atoms with Gasteiger partial charge in [0, 0.05) is 43.0 Å². The number of carbonyl (C=O) groups is 1. The molecule has 3 heterocycles. The van der Waals surface area contributed by atoms with Crippen LogP contribution < -0.4 is 4.74 Å². The van der Waals surface area contributed by atoms with Crippen molar-refractivity contribution in [1.82, 2.24) is 19.9 Å². The largest absolute Gasteiger partial charge is 0.478 e. The maximum atomic E-state index is 12.7. The van der Waals surface area contributed by atoms with E-state index in [2.05, 4.69) is 9.97 Å². The minimum atomic E-state index is 0.0401. The summed E-state index contributed by atoms with van der Waals surface area (Å²) in [7, 11) is 0. The number of ether oxygens (including phenoxy) is 1. The molecule has 0 saturated carbocycles. The summed E-state index contributed by atoms with van der Waals surface area (Å²) in [6.45, 7) is 3.76. The molecule has 27 heavy (non-hydrogen) atoms. The zero-order valence-corrected chi connectivity index (χ0v) is 15.3. The average molecular weight is 362 g/mol. The first-order valence-corrected chi connectivity index (χ1v) is 9.26. The second-order valence-electron chi connectivity index (χ2n) is 6.47. The monoisotopic (exact) mass is 362 g/mol. The molecular formula is C21H22N4O2. The first-order valence-electron chi connectivity index (χ1n) is 9.26. The van der Waals surface area contributed by atoms with Gasteiger partial charge in [-0.25, -0.2) is 4.98 Å². The summed E-state index contributed by atoms with van der Waals surface area (Å²) in [6, 6.07) is 11.7. The van der Waals surface area contributed by atoms with Gasteiger partial charge >= 0.3 is 0 Å². The number of amides is 1. The van der Waals surface area contributed by atoms with Crippen molar-refractivity contribution in [3.8, 4) is 17.3 Å². The molecule has 2 aromatic heterocycles. The molecule has 1 amide bonds. The molecule has 3 aromatic rings. The lowest BCUT2D eigenvalue weighted by atomic mass is 10.1. The molecule has 1 aliphatic heterocycles. The lowest BCUT2D eigenvalue weighted by Crippen LogP contribution is -2.33. The smallest absolute Gasteiger partial charge is 0.255 e. The highest BCUT2D eigenvalue weighted by Gasteiger charge is 2.24. The Bertz CT molecular complexity index is 923. The van der Waals surface area contributed by atoms with Crippen molar-refractivity contribution in [2.24, 2.45) is 0 Å². The second kappa shape index (κ2) is 7.61. The fourth-order valence-corrected chi connectivity index (χ4v) is 3.38. The summed E-state index contributed by atoms with van der Waals surface area (Å²) < 4.78 is 5.83. The summed E-state index contributed by atoms with van der Waals surface area (Å²) >= 11 is 0. The number of hydrogen-bond acceptors (Lipinski definition) is 4. The Balaban J connectivity index is 1.65. The zero-order valence-electron chi connectivity index (χ0n) is 15.3. The van der Waals surface area contributed by atoms with E-state index < -0.39 is 0 Å². The molecule has 6 nitrogen and oxygen atoms in total. The number of nitrogens with one attached hydrogen (secondary N) is 1. The second-order valence-corrected chi connectivity index (χ2v) is 6.47. The van der Waals surface area contributed by atoms with E-state index in [-0.39, 0.29) is 5.91 Å². The van der Waals surface area contributed by atoms with E-state index in [4.69, 9.17) is 9.72 Å². The van der Waals surface area contributed by atoms with Gasteiger partial charge in [0.1, 0.15) is 0 Å². The van der Waals surface area contributed by atoms with Gasteiger partial charge in [-0.15, -0.1) is 0 Å². The highest BCUT2D eigenvalue weighted by Crippen LogP contribution is 2.27. The Morgan fingerprint density at radius 3 is 2.70 bits per heavy atom. The number of rotatable bonds is 4. The summed E-state index contributed by atoms with van der Waals surface area (Å²) in [6.07, 6.45) is 4.88. The standard InChI is InChI=1S/C21H22N4O2/c1-2-27-20-17-9-12-25(21(26)16-8-11-22-14-16)13-10-18(17)23-19(24-20)15-6-4-3-5-7-15/h3-8,11,14,22H,2,9-10,12-13H2,1H3. The van der Waals surface area contributed by atoms with Crippen LogP contribution in [0.1, 0.15) is 28.5 Å². The number of aromatic nitrogens is 3. The first-order chi connectivity index (χ1) is 13.3. The quantitative estimate of drug-likeness (QED) is 0.774. The number of H-pyrrole nitrogens is 1. The molecule has 0 fully saturated rings. The van der Waals surface area contributed by atoms with Crippen LogP contribution in [0.3, 0.4) is 0 Å². The molecule has 0 radical (unpaired) electrons. The fourth-order valence-electron chi connectivity index (χ4n) is 3.38. The number of benzene rings is 1. The van der Waals surface area contributed by atoms with Gasteiger partial charge < -0.3 is 14.6 Å². The number of carbonyl (C=O) groups excluding carboxylic acids is 1. The van der Waals surface area contributed by atoms with Crippen LogP contribution in [-0.4, -0.2) is 45.5 Å². The van der Waals surface area contributed by atoms with Gasteiger partial charge in [-0.3, -0.25) is 4.79 Å². The van der Waals surface area contributed by atoms with Crippen molar-refractivity contribution >= 4 is 5.91 Å². The van der Waals surface area contributed by atoms with Gasteiger partial charge in [0.15, 0.2) is 5.82 Å². The zero-order chi connectivity index (χ0) is 18.6. The lowest BCUT2D eigenvalue weighted by Gasteiger charge is -2.19. The van der Waals surface area contributed by atoms with E-state index in [1.165, 1.54) is 0 Å². The normalized spacial score (nSPS) is 13.7. The predicted octanol–water partition coefficient (Wildman–Crippen LogP) is 3.11. The van der Waals surface area contributed by atoms with Crippen LogP contribution in [0.25, 0.3) is 11.4 Å². The molecule has 0 unspecified atom stereocenters. The van der Waals surface area contributed by atoms with Crippen LogP contribution in [0.5, 0.6) is 5.88 Å². The van der Waals surface area contributed by atoms with Crippen LogP contribution in [0.2, 0.25) is 0 Å². The van der Waals surface area contributed by atoms with E-state index in [0.29, 0.717) is 49.8 Å². The van der Waals surface area contributed by atoms with Gasteiger partial charge in [0.05, 0.1) is 17.9 Å². The molecule has 1 aromatic carbocycles. The molecule has 0 saturated heterocycles. The van der Waals surface area contributed by atoms with Crippen molar-refractivity contribution in [2.75, 3.05) is 19.7 Å². The van der Waals surface area contributed by atoms with Gasteiger partial charge in [-0.05, 0) is 19.4 Å². The van der Waals surface area contributed by atoms with Crippen molar-refractivity contribution < 1.29 is 9.53 Å². The highest BCUT2D eigenvalue weighted by molar-refractivity contribution is 5.94. The van der Waals surface area contributed by atoms with E-state index in [1.807, 2.05) is 42.2 Å². The van der Waals surface area contributed by atoms with E-state index >= 15 is 0 Å². The third-order valence-corrected chi connectivity index (χ3v) is 4.75. The number of fused-ring (bicyclic) bond motifs is 1. The predicted molar refractivity (Wildman–Crippen MR) is 103 cm³/mol. The maximum absolute atomic E-state index is 12.7. The maximum Gasteiger partial charge on any atom is 0.255 e. The van der Waals surface area contributed by atoms with E-state index in [0.717, 1.165) is 16.8 Å². The lowest BCUT2D eigenvalue weighted by molar-refractivity contribution is 0.0763. The third-order valence-electron chi connectivity index (χ3n) is 4.75. The summed E-state index contributed by atoms with van der Waals surface area (Å²) in [4.78, 5) is 27.0. The van der Waals surface area contributed by atoms with Crippen molar-refractivity contribution in [1.29, 1.82) is 0 Å². The highest BCUT2D eigenvalue weighted by atomic mass is 16.5. The topological polar surface area (TPSA) is 71.1 Å². The fraction of sp³-hybridized carbons (Fsp3) is 0.286. The van der Waals surface area contributed by atoms with Crippen LogP contribution in [0, 0.1) is 0 Å². The molecule has 0 aliphatic carbocycles. The van der Waals surface area contributed by atoms with Crippen molar-refractivity contribution in [2.45, 2.75) is 19.8 Å². The number of hydrogen-bond donors (Lipinski definition) is 1. The molecule has 0 atom stereocenters. The van der Waals surface area contributed by atoms with Gasteiger partial charge in [0.2, 0.25) is 5.88 Å². The van der Waals surface area contributed by atoms with Crippen LogP contribution >= 0.6 is 0 Å². The average Bonchev–Trinajstić information content (AvgIpc) is 3.15. The SMILES string of the molecule is CCOc1nc(-c2ccccc2)nc2c1CCN(C(=O)c1cc[nH]c1)CC2. The Labute approximate surface area is 158 Å². The molecule has 0 bridgehead atoms. The Morgan fingerprint density at radius 2 is 1.96 bits per heavy atom. The molecule has 6 heteroatoms. The van der Waals surface area contributed by atoms with E-state index in [1.54, 1.807) is 18.5 Å². The van der Waals surface area contributed by atoms with Crippen molar-refractivity contribution in [3.05, 3.63) is 65.6 Å². The third kappa shape index (κ3) is 3.56. The molecule has 0 spiro atoms. The van der Waals surface area contributed by atoms with Gasteiger partial charge in [-0.2, -0.15) is 4.98 Å². The van der Waals surface area contributed by atoms with E-state index in [9.17, 15) is 4.79 Å². The minimum absolute atomic E-state index is 0.0401. The van der Waals surface area contributed by atoms with Crippen LogP contribution in [0.15, 0.2) is 48.8 Å². The number of aromatic amines is 1. The Morgan fingerprint density at radius 1 is 1.15 bits per heavy atom. The Kier molecular flexibility index (Phi) is 4.87. The summed E-state index contributed by atoms with van der Waals surface area (Å²) in [5.41, 5.74) is 3.63. The molecule has 4 rings (SSSR count). The minimum Gasteiger partial charge on any atom is -0.478 e. The summed E-state index contributed by atoms with van der Waals surface area (Å²) in [5, 5.41) is 0. The van der Waals surface area contributed by atoms with Crippen LogP contribution in [0.4, 0.5) is 0 Å². The first kappa shape index (κ1) is 17.3. The molecule has 138 valence electrons. The number of nitrogens with zero attached hydrogens (tertiary/aromatic N) is 3.